The first-order valence-corrected chi connectivity index (χ1v) is 5.48. The second kappa shape index (κ2) is 6.61. The molecule has 0 fully saturated rings. The lowest BCUT2D eigenvalue weighted by molar-refractivity contribution is -0.186. The molecule has 1 rings (SSSR count). The average Bonchev–Trinajstić information content (AvgIpc) is 2.24. The first kappa shape index (κ1) is 14.8. The van der Waals surface area contributed by atoms with Crippen molar-refractivity contribution in [2.45, 2.75) is 25.6 Å². The van der Waals surface area contributed by atoms with Gasteiger partial charge in [-0.25, -0.2) is 0 Å². The Labute approximate surface area is 104 Å². The molecule has 0 aliphatic heterocycles. The van der Waals surface area contributed by atoms with E-state index < -0.39 is 19.6 Å². The van der Waals surface area contributed by atoms with Gasteiger partial charge in [0.05, 0.1) is 0 Å². The van der Waals surface area contributed by atoms with Crippen molar-refractivity contribution in [2.24, 2.45) is 5.73 Å². The van der Waals surface area contributed by atoms with Gasteiger partial charge in [-0.1, -0.05) is 12.1 Å². The third-order valence-corrected chi connectivity index (χ3v) is 2.06. The van der Waals surface area contributed by atoms with E-state index in [2.05, 4.69) is 4.74 Å². The summed E-state index contributed by atoms with van der Waals surface area (Å²) in [4.78, 5) is 0. The molecular formula is C12H16F3NO2. The van der Waals surface area contributed by atoms with Gasteiger partial charge in [-0.3, -0.25) is 0 Å². The van der Waals surface area contributed by atoms with Crippen molar-refractivity contribution in [3.05, 3.63) is 29.8 Å². The fraction of sp³-hybridized carbons (Fsp3) is 0.500. The number of benzene rings is 1. The summed E-state index contributed by atoms with van der Waals surface area (Å²) in [5.41, 5.74) is 6.69. The molecule has 0 bridgehead atoms. The van der Waals surface area contributed by atoms with Crippen LogP contribution in [-0.2, 0) is 11.2 Å². The average molecular weight is 263 g/mol. The highest BCUT2D eigenvalue weighted by Crippen LogP contribution is 2.16. The third-order valence-electron chi connectivity index (χ3n) is 2.06. The van der Waals surface area contributed by atoms with Gasteiger partial charge in [0.2, 0.25) is 0 Å². The van der Waals surface area contributed by atoms with Gasteiger partial charge in [0.15, 0.2) is 6.79 Å². The molecule has 18 heavy (non-hydrogen) atoms. The molecule has 6 heteroatoms. The van der Waals surface area contributed by atoms with Crippen LogP contribution < -0.4 is 10.5 Å². The molecule has 3 nitrogen and oxygen atoms in total. The molecule has 1 atom stereocenters. The van der Waals surface area contributed by atoms with Crippen LogP contribution >= 0.6 is 0 Å². The number of nitrogens with two attached hydrogens (primary N) is 1. The Bertz CT molecular complexity index is 349. The Balaban J connectivity index is 2.31. The molecule has 0 heterocycles. The fourth-order valence-corrected chi connectivity index (χ4v) is 1.36. The minimum absolute atomic E-state index is 0.0619. The van der Waals surface area contributed by atoms with Gasteiger partial charge in [0, 0.05) is 6.04 Å². The summed E-state index contributed by atoms with van der Waals surface area (Å²) in [5.74, 6) is 0.464. The van der Waals surface area contributed by atoms with Crippen molar-refractivity contribution in [3.8, 4) is 5.75 Å². The zero-order valence-corrected chi connectivity index (χ0v) is 10.0. The summed E-state index contributed by atoms with van der Waals surface area (Å²) in [5, 5.41) is 0. The molecule has 0 aliphatic rings. The van der Waals surface area contributed by atoms with Crippen molar-refractivity contribution >= 4 is 0 Å². The number of hydrogen-bond donors (Lipinski definition) is 1. The first-order chi connectivity index (χ1) is 8.37. The highest BCUT2D eigenvalue weighted by molar-refractivity contribution is 5.27. The topological polar surface area (TPSA) is 44.5 Å². The predicted octanol–water partition coefficient (Wildman–Crippen LogP) is 2.49. The third kappa shape index (κ3) is 6.46. The molecule has 1 aromatic rings. The molecule has 102 valence electrons. The monoisotopic (exact) mass is 263 g/mol. The molecular weight excluding hydrogens is 247 g/mol. The van der Waals surface area contributed by atoms with Gasteiger partial charge in [-0.05, 0) is 31.0 Å². The van der Waals surface area contributed by atoms with E-state index >= 15 is 0 Å². The van der Waals surface area contributed by atoms with Crippen molar-refractivity contribution in [1.29, 1.82) is 0 Å². The van der Waals surface area contributed by atoms with Crippen LogP contribution in [-0.4, -0.2) is 25.6 Å². The highest BCUT2D eigenvalue weighted by Gasteiger charge is 2.27. The van der Waals surface area contributed by atoms with Crippen molar-refractivity contribution < 1.29 is 22.6 Å². The second-order valence-electron chi connectivity index (χ2n) is 4.05. The Morgan fingerprint density at radius 2 is 1.83 bits per heavy atom. The van der Waals surface area contributed by atoms with E-state index in [0.717, 1.165) is 12.0 Å². The summed E-state index contributed by atoms with van der Waals surface area (Å²) >= 11 is 0. The SMILES string of the molecule is CC(N)Cc1ccc(OCOCC(F)(F)F)cc1. The summed E-state index contributed by atoms with van der Waals surface area (Å²) < 4.78 is 44.6. The van der Waals surface area contributed by atoms with Crippen LogP contribution in [0.1, 0.15) is 12.5 Å². The lowest BCUT2D eigenvalue weighted by atomic mass is 10.1. The zero-order valence-electron chi connectivity index (χ0n) is 10.0. The minimum atomic E-state index is -4.33. The van der Waals surface area contributed by atoms with Crippen LogP contribution in [0.4, 0.5) is 13.2 Å². The molecule has 1 aromatic carbocycles. The van der Waals surface area contributed by atoms with E-state index in [9.17, 15) is 13.2 Å². The lowest BCUT2D eigenvalue weighted by Crippen LogP contribution is -2.19. The summed E-state index contributed by atoms with van der Waals surface area (Å²) in [6.07, 6.45) is -3.59. The number of alkyl halides is 3. The number of hydrogen-bond acceptors (Lipinski definition) is 3. The molecule has 0 aromatic heterocycles. The summed E-state index contributed by atoms with van der Waals surface area (Å²) in [7, 11) is 0. The standard InChI is InChI=1S/C12H16F3NO2/c1-9(16)6-10-2-4-11(5-3-10)18-8-17-7-12(13,14)15/h2-5,9H,6-8,16H2,1H3. The van der Waals surface area contributed by atoms with Crippen LogP contribution in [0.15, 0.2) is 24.3 Å². The van der Waals surface area contributed by atoms with Crippen LogP contribution in [0, 0.1) is 0 Å². The van der Waals surface area contributed by atoms with Crippen LogP contribution in [0.2, 0.25) is 0 Å². The van der Waals surface area contributed by atoms with E-state index in [4.69, 9.17) is 10.5 Å². The summed E-state index contributed by atoms with van der Waals surface area (Å²) in [6.45, 7) is 0.164. The largest absolute Gasteiger partial charge is 0.468 e. The van der Waals surface area contributed by atoms with Gasteiger partial charge < -0.3 is 15.2 Å². The van der Waals surface area contributed by atoms with Crippen LogP contribution in [0.3, 0.4) is 0 Å². The Kier molecular flexibility index (Phi) is 5.43. The highest BCUT2D eigenvalue weighted by atomic mass is 19.4. The van der Waals surface area contributed by atoms with Crippen molar-refractivity contribution in [2.75, 3.05) is 13.4 Å². The predicted molar refractivity (Wildman–Crippen MR) is 61.3 cm³/mol. The van der Waals surface area contributed by atoms with Gasteiger partial charge in [-0.15, -0.1) is 0 Å². The molecule has 0 amide bonds. The van der Waals surface area contributed by atoms with Crippen LogP contribution in [0.25, 0.3) is 0 Å². The lowest BCUT2D eigenvalue weighted by Gasteiger charge is -2.10. The molecule has 0 aliphatic carbocycles. The molecule has 1 unspecified atom stereocenters. The molecule has 2 N–H and O–H groups in total. The van der Waals surface area contributed by atoms with Gasteiger partial charge >= 0.3 is 6.18 Å². The number of halogens is 3. The van der Waals surface area contributed by atoms with Gasteiger partial charge in [0.25, 0.3) is 0 Å². The normalized spacial score (nSPS) is 13.4. The zero-order chi connectivity index (χ0) is 13.6. The van der Waals surface area contributed by atoms with E-state index in [-0.39, 0.29) is 6.04 Å². The quantitative estimate of drug-likeness (QED) is 0.633. The molecule has 0 spiro atoms. The number of ether oxygens (including phenoxy) is 2. The van der Waals surface area contributed by atoms with Crippen LogP contribution in [0.5, 0.6) is 5.75 Å². The van der Waals surface area contributed by atoms with Gasteiger partial charge in [-0.2, -0.15) is 13.2 Å². The second-order valence-corrected chi connectivity index (χ2v) is 4.05. The minimum Gasteiger partial charge on any atom is -0.468 e. The molecule has 0 saturated heterocycles. The maximum absolute atomic E-state index is 11.8. The van der Waals surface area contributed by atoms with E-state index in [1.165, 1.54) is 0 Å². The summed E-state index contributed by atoms with van der Waals surface area (Å²) in [6, 6.07) is 7.06. The van der Waals surface area contributed by atoms with E-state index in [1.807, 2.05) is 19.1 Å². The number of rotatable bonds is 6. The van der Waals surface area contributed by atoms with E-state index in [0.29, 0.717) is 5.75 Å². The Morgan fingerprint density at radius 1 is 1.22 bits per heavy atom. The maximum atomic E-state index is 11.8. The molecule has 0 radical (unpaired) electrons. The smallest absolute Gasteiger partial charge is 0.411 e. The fourth-order valence-electron chi connectivity index (χ4n) is 1.36. The van der Waals surface area contributed by atoms with Crippen molar-refractivity contribution in [1.82, 2.24) is 0 Å². The molecule has 0 saturated carbocycles. The first-order valence-electron chi connectivity index (χ1n) is 5.48. The van der Waals surface area contributed by atoms with E-state index in [1.54, 1.807) is 12.1 Å². The Morgan fingerprint density at radius 3 is 2.33 bits per heavy atom. The van der Waals surface area contributed by atoms with Gasteiger partial charge in [0.1, 0.15) is 12.4 Å². The maximum Gasteiger partial charge on any atom is 0.411 e. The Hall–Kier alpha value is -1.27. The van der Waals surface area contributed by atoms with Crippen molar-refractivity contribution in [3.63, 3.8) is 0 Å².